The zero-order valence-corrected chi connectivity index (χ0v) is 45.0. The molecule has 0 radical (unpaired) electrons. The van der Waals surface area contributed by atoms with Gasteiger partial charge in [0.05, 0.1) is 29.9 Å². The van der Waals surface area contributed by atoms with E-state index in [2.05, 4.69) is 265 Å². The molecule has 67 heavy (non-hydrogen) atoms. The van der Waals surface area contributed by atoms with Gasteiger partial charge in [0.1, 0.15) is 0 Å². The number of benzene rings is 9. The summed E-state index contributed by atoms with van der Waals surface area (Å²) >= 11 is 1.93. The van der Waals surface area contributed by atoms with E-state index in [1.54, 1.807) is 5.56 Å². The van der Waals surface area contributed by atoms with Gasteiger partial charge in [0.15, 0.2) is 0 Å². The lowest BCUT2D eigenvalue weighted by molar-refractivity contribution is 0.963. The second-order valence-corrected chi connectivity index (χ2v) is 39.7. The second kappa shape index (κ2) is 16.8. The summed E-state index contributed by atoms with van der Waals surface area (Å²) in [5, 5.41) is 9.95. The van der Waals surface area contributed by atoms with Gasteiger partial charge in [-0.3, -0.25) is 0 Å². The molecule has 0 heterocycles. The Morgan fingerprint density at radius 1 is 0.403 bits per heavy atom. The van der Waals surface area contributed by atoms with Gasteiger partial charge in [0.25, 0.3) is 0 Å². The summed E-state index contributed by atoms with van der Waals surface area (Å²) in [5.74, 6) is 0. The normalized spacial score (nSPS) is 13.6. The third kappa shape index (κ3) is 7.52. The Morgan fingerprint density at radius 3 is 1.51 bits per heavy atom. The number of hydrogen-bond donors (Lipinski definition) is 0. The van der Waals surface area contributed by atoms with Gasteiger partial charge in [-0.1, -0.05) is 187 Å². The maximum atomic E-state index is 2.68. The minimum Gasteiger partial charge on any atom is -0.310 e. The first-order chi connectivity index (χ1) is 32.0. The Kier molecular flexibility index (Phi) is 11.4. The van der Waals surface area contributed by atoms with Gasteiger partial charge >= 0.3 is 0 Å². The summed E-state index contributed by atoms with van der Waals surface area (Å²) < 4.78 is -0.143. The fourth-order valence-corrected chi connectivity index (χ4v) is 27.1. The summed E-state index contributed by atoms with van der Waals surface area (Å²) in [7, 11) is -5.95. The van der Waals surface area contributed by atoms with Gasteiger partial charge in [0, 0.05) is 48.6 Å². The van der Waals surface area contributed by atoms with Crippen molar-refractivity contribution in [2.24, 2.45) is 0 Å². The van der Waals surface area contributed by atoms with Crippen LogP contribution in [-0.2, 0) is 4.66 Å². The Balaban J connectivity index is 1.32. The molecule has 0 unspecified atom stereocenters. The van der Waals surface area contributed by atoms with E-state index >= 15 is 0 Å². The molecule has 2 nitrogen and oxygen atoms in total. The van der Waals surface area contributed by atoms with Crippen molar-refractivity contribution < 1.29 is 0 Å². The molecule has 0 fully saturated rings. The van der Waals surface area contributed by atoms with Crippen molar-refractivity contribution in [3.05, 3.63) is 193 Å². The van der Waals surface area contributed by atoms with E-state index in [1.165, 1.54) is 93.2 Å². The molecule has 9 aromatic carbocycles. The molecule has 0 N–H and O–H groups in total. The lowest BCUT2D eigenvalue weighted by atomic mass is 9.89. The van der Waals surface area contributed by atoms with E-state index in [4.69, 9.17) is 0 Å². The summed E-state index contributed by atoms with van der Waals surface area (Å²) in [4.78, 5) is 6.32. The quantitative estimate of drug-likeness (QED) is 0.0725. The molecule has 336 valence electrons. The van der Waals surface area contributed by atoms with Crippen molar-refractivity contribution in [3.63, 3.8) is 0 Å². The number of rotatable bonds is 11. The molecule has 0 spiro atoms. The fraction of sp³-hybridized carbons (Fsp3) is 0.213. The van der Waals surface area contributed by atoms with Crippen LogP contribution in [0.15, 0.2) is 187 Å². The molecule has 0 aromatic heterocycles. The van der Waals surface area contributed by atoms with Crippen molar-refractivity contribution >= 4 is 108 Å². The zero-order valence-electron chi connectivity index (χ0n) is 41.2. The van der Waals surface area contributed by atoms with Crippen LogP contribution >= 0.6 is 11.8 Å². The summed E-state index contributed by atoms with van der Waals surface area (Å²) in [6, 6.07) is 69.4. The van der Waals surface area contributed by atoms with E-state index in [-0.39, 0.29) is 4.66 Å². The highest BCUT2D eigenvalue weighted by Crippen LogP contribution is 2.64. The third-order valence-electron chi connectivity index (χ3n) is 14.3. The van der Waals surface area contributed by atoms with Crippen molar-refractivity contribution in [1.82, 2.24) is 0 Å². The highest BCUT2D eigenvalue weighted by atomic mass is 32.2. The van der Waals surface area contributed by atoms with Gasteiger partial charge in [-0.05, 0) is 122 Å². The van der Waals surface area contributed by atoms with Crippen LogP contribution in [0.3, 0.4) is 0 Å². The topological polar surface area (TPSA) is 6.48 Å². The maximum absolute atomic E-state index is 2.68. The van der Waals surface area contributed by atoms with Gasteiger partial charge in [-0.15, -0.1) is 11.8 Å². The molecule has 10 rings (SSSR count). The van der Waals surface area contributed by atoms with Crippen LogP contribution in [0, 0.1) is 0 Å². The van der Waals surface area contributed by atoms with Crippen LogP contribution in [0.1, 0.15) is 25.0 Å². The van der Waals surface area contributed by atoms with E-state index in [0.717, 1.165) is 0 Å². The zero-order chi connectivity index (χ0) is 47.0. The fourth-order valence-electron chi connectivity index (χ4n) is 12.0. The molecule has 0 atom stereocenters. The van der Waals surface area contributed by atoms with Crippen LogP contribution in [0.25, 0.3) is 43.4 Å². The molecular formula is C61H64N2SSi3. The first-order valence-electron chi connectivity index (χ1n) is 24.1. The Bertz CT molecular complexity index is 3310. The molecule has 1 aliphatic carbocycles. The van der Waals surface area contributed by atoms with Crippen molar-refractivity contribution in [2.75, 3.05) is 9.80 Å². The lowest BCUT2D eigenvalue weighted by Gasteiger charge is -2.52. The Hall–Kier alpha value is -5.64. The van der Waals surface area contributed by atoms with E-state index < -0.39 is 24.2 Å². The minimum absolute atomic E-state index is 0.143. The van der Waals surface area contributed by atoms with E-state index in [0.29, 0.717) is 5.25 Å². The van der Waals surface area contributed by atoms with Crippen molar-refractivity contribution in [3.8, 4) is 11.1 Å². The molecule has 0 saturated carbocycles. The van der Waals surface area contributed by atoms with Gasteiger partial charge in [-0.2, -0.15) is 0 Å². The molecular weight excluding hydrogens is 877 g/mol. The van der Waals surface area contributed by atoms with Crippen LogP contribution in [0.2, 0.25) is 58.9 Å². The van der Waals surface area contributed by atoms with Crippen LogP contribution in [0.4, 0.5) is 34.1 Å². The maximum Gasteiger partial charge on any atom is 0.0776 e. The van der Waals surface area contributed by atoms with Crippen LogP contribution in [-0.4, -0.2) is 29.5 Å². The Labute approximate surface area is 406 Å². The summed E-state index contributed by atoms with van der Waals surface area (Å²) in [6.07, 6.45) is 0. The monoisotopic (exact) mass is 940 g/mol. The number of hydrogen-bond acceptors (Lipinski definition) is 3. The van der Waals surface area contributed by atoms with Crippen molar-refractivity contribution in [2.45, 2.75) is 87.6 Å². The number of para-hydroxylation sites is 2. The first kappa shape index (κ1) is 45.2. The highest BCUT2D eigenvalue weighted by molar-refractivity contribution is 7.99. The molecule has 9 aromatic rings. The average Bonchev–Trinajstić information content (AvgIpc) is 3.63. The first-order valence-corrected chi connectivity index (χ1v) is 35.5. The van der Waals surface area contributed by atoms with E-state index in [1.807, 2.05) is 11.8 Å². The largest absolute Gasteiger partial charge is 0.310 e. The molecule has 0 aliphatic heterocycles. The molecule has 1 aliphatic rings. The predicted molar refractivity (Wildman–Crippen MR) is 305 cm³/mol. The van der Waals surface area contributed by atoms with E-state index in [9.17, 15) is 0 Å². The van der Waals surface area contributed by atoms with Crippen molar-refractivity contribution in [1.29, 1.82) is 0 Å². The van der Waals surface area contributed by atoms with Gasteiger partial charge in [0.2, 0.25) is 0 Å². The van der Waals surface area contributed by atoms with Crippen LogP contribution < -0.4 is 15.0 Å². The summed E-state index contributed by atoms with van der Waals surface area (Å²) in [5.41, 5.74) is 13.1. The Morgan fingerprint density at radius 2 is 0.910 bits per heavy atom. The van der Waals surface area contributed by atoms with Gasteiger partial charge < -0.3 is 9.80 Å². The molecule has 0 bridgehead atoms. The highest BCUT2D eigenvalue weighted by Gasteiger charge is 2.60. The molecule has 0 amide bonds. The standard InChI is InChI=1S/C61H64N2SSi3/c1-42(2)64-48-30-22-28-45(38-48)63(44-26-16-13-17-27-44)57-41-56-58(53-35-21-19-33-51(53)57)59-52-34-20-18-32-50(52)55-40-47(36-37-54(55)60(59)61(56,66(6,7)8)67(9,10)11)62(43-24-14-12-15-25-43)46-29-23-31-49(39-46)65(3,4)5/h12-42H,1-11H3. The minimum atomic E-state index is -2.18. The number of anilines is 6. The molecule has 0 saturated heterocycles. The lowest BCUT2D eigenvalue weighted by Crippen LogP contribution is -2.63. The summed E-state index contributed by atoms with van der Waals surface area (Å²) in [6.45, 7) is 27.9. The third-order valence-corrected chi connectivity index (χ3v) is 27.3. The average molecular weight is 942 g/mol. The number of fused-ring (bicyclic) bond motifs is 10. The van der Waals surface area contributed by atoms with Gasteiger partial charge in [-0.25, -0.2) is 0 Å². The van der Waals surface area contributed by atoms with Crippen LogP contribution in [0.5, 0.6) is 0 Å². The predicted octanol–water partition coefficient (Wildman–Crippen LogP) is 18.2. The SMILES string of the molecule is CC(C)Sc1cccc(N(c2ccccc2)c2cc3c(c4ccccc24)-c2c(c4ccc(N(c5ccccc5)c5cccc([Si](C)(C)C)c5)cc4c4ccccc24)C3([Si](C)(C)C)[Si](C)(C)C)c1. The second-order valence-electron chi connectivity index (χ2n) is 21.9. The number of thioether (sulfide) groups is 1. The smallest absolute Gasteiger partial charge is 0.0776 e. The molecule has 6 heteroatoms. The number of nitrogens with zero attached hydrogens (tertiary/aromatic N) is 2.